The van der Waals surface area contributed by atoms with Gasteiger partial charge >= 0.3 is 5.04 Å². The number of sulfone groups is 1. The smallest absolute Gasteiger partial charge is 0.360 e. The Kier molecular flexibility index (Phi) is 4.87. The van der Waals surface area contributed by atoms with Crippen LogP contribution in [0.25, 0.3) is 5.53 Å². The van der Waals surface area contributed by atoms with Crippen molar-refractivity contribution in [2.75, 3.05) is 0 Å². The van der Waals surface area contributed by atoms with E-state index in [-0.39, 0.29) is 4.90 Å². The molecule has 1 rings (SSSR count). The van der Waals surface area contributed by atoms with Gasteiger partial charge in [-0.3, -0.25) is 4.79 Å². The molecule has 0 N–H and O–H groups in total. The summed E-state index contributed by atoms with van der Waals surface area (Å²) in [6.07, 6.45) is 0.668. The third-order valence-electron chi connectivity index (χ3n) is 3.17. The Labute approximate surface area is 125 Å². The molecule has 0 saturated heterocycles. The first-order valence-corrected chi connectivity index (χ1v) is 8.15. The van der Waals surface area contributed by atoms with E-state index in [1.54, 1.807) is 33.8 Å². The SMILES string of the molecule is CCc1ccc(C)c(S(=O)(=O)C(=[N+]=[N-])C(=O)C(C)(C)C)c1. The maximum Gasteiger partial charge on any atom is 0.452 e. The summed E-state index contributed by atoms with van der Waals surface area (Å²) in [5.74, 6) is -0.716. The van der Waals surface area contributed by atoms with E-state index in [4.69, 9.17) is 5.53 Å². The summed E-state index contributed by atoms with van der Waals surface area (Å²) >= 11 is 0. The molecule has 6 heteroatoms. The molecule has 0 unspecified atom stereocenters. The number of aryl methyl sites for hydroxylation is 2. The topological polar surface area (TPSA) is 87.6 Å². The Morgan fingerprint density at radius 3 is 2.29 bits per heavy atom. The predicted octanol–water partition coefficient (Wildman–Crippen LogP) is 2.57. The van der Waals surface area contributed by atoms with Gasteiger partial charge in [0.25, 0.3) is 15.6 Å². The molecule has 0 radical (unpaired) electrons. The van der Waals surface area contributed by atoms with Crippen molar-refractivity contribution >= 4 is 20.7 Å². The number of Topliss-reactive ketones (excluding diaryl/α,β-unsaturated/α-hetero) is 1. The van der Waals surface area contributed by atoms with E-state index in [1.807, 2.05) is 13.0 Å². The monoisotopic (exact) mass is 308 g/mol. The van der Waals surface area contributed by atoms with Gasteiger partial charge in [0.2, 0.25) is 0 Å². The normalized spacial score (nSPS) is 11.9. The van der Waals surface area contributed by atoms with Crippen molar-refractivity contribution < 1.29 is 18.0 Å². The van der Waals surface area contributed by atoms with Crippen LogP contribution in [0.5, 0.6) is 0 Å². The van der Waals surface area contributed by atoms with E-state index in [9.17, 15) is 13.2 Å². The highest BCUT2D eigenvalue weighted by atomic mass is 32.2. The molecule has 114 valence electrons. The van der Waals surface area contributed by atoms with E-state index in [0.29, 0.717) is 12.0 Å². The molecule has 0 bridgehead atoms. The molecule has 0 atom stereocenters. The second-order valence-corrected chi connectivity index (χ2v) is 7.77. The first-order valence-electron chi connectivity index (χ1n) is 6.67. The minimum Gasteiger partial charge on any atom is -0.360 e. The van der Waals surface area contributed by atoms with Crippen LogP contribution in [0, 0.1) is 12.3 Å². The summed E-state index contributed by atoms with van der Waals surface area (Å²) in [5, 5.41) is -0.814. The fourth-order valence-corrected chi connectivity index (χ4v) is 3.46. The van der Waals surface area contributed by atoms with Crippen molar-refractivity contribution in [2.24, 2.45) is 5.41 Å². The van der Waals surface area contributed by atoms with Gasteiger partial charge < -0.3 is 5.53 Å². The second kappa shape index (κ2) is 5.92. The third-order valence-corrected chi connectivity index (χ3v) is 4.97. The number of benzene rings is 1. The first-order chi connectivity index (χ1) is 9.55. The first kappa shape index (κ1) is 17.3. The number of carbonyl (C=O) groups excluding carboxylic acids is 1. The van der Waals surface area contributed by atoms with Crippen LogP contribution in [-0.4, -0.2) is 24.0 Å². The molecule has 0 amide bonds. The van der Waals surface area contributed by atoms with Crippen LogP contribution >= 0.6 is 0 Å². The van der Waals surface area contributed by atoms with Crippen molar-refractivity contribution in [2.45, 2.75) is 45.9 Å². The predicted molar refractivity (Wildman–Crippen MR) is 80.8 cm³/mol. The molecular weight excluding hydrogens is 288 g/mol. The second-order valence-electron chi connectivity index (χ2n) is 5.94. The summed E-state index contributed by atoms with van der Waals surface area (Å²) in [4.78, 5) is 15.0. The van der Waals surface area contributed by atoms with Crippen LogP contribution < -0.4 is 0 Å². The number of ketones is 1. The third kappa shape index (κ3) is 3.46. The van der Waals surface area contributed by atoms with Gasteiger partial charge in [-0.25, -0.2) is 8.42 Å². The van der Waals surface area contributed by atoms with Gasteiger partial charge in [-0.15, -0.1) is 4.79 Å². The highest BCUT2D eigenvalue weighted by Crippen LogP contribution is 2.23. The van der Waals surface area contributed by atoms with Crippen LogP contribution in [-0.2, 0) is 21.1 Å². The van der Waals surface area contributed by atoms with Gasteiger partial charge in [-0.1, -0.05) is 39.8 Å². The van der Waals surface area contributed by atoms with Crippen LogP contribution in [0.2, 0.25) is 0 Å². The van der Waals surface area contributed by atoms with Crippen molar-refractivity contribution in [1.29, 1.82) is 0 Å². The largest absolute Gasteiger partial charge is 0.452 e. The lowest BCUT2D eigenvalue weighted by Gasteiger charge is -2.13. The summed E-state index contributed by atoms with van der Waals surface area (Å²) in [6.45, 7) is 8.27. The Hall–Kier alpha value is -1.78. The van der Waals surface area contributed by atoms with Crippen molar-refractivity contribution in [3.05, 3.63) is 34.9 Å². The zero-order valence-corrected chi connectivity index (χ0v) is 13.8. The van der Waals surface area contributed by atoms with Crippen LogP contribution in [0.1, 0.15) is 38.8 Å². The fraction of sp³-hybridized carbons (Fsp3) is 0.467. The lowest BCUT2D eigenvalue weighted by Crippen LogP contribution is -2.35. The number of rotatable bonds is 3. The van der Waals surface area contributed by atoms with Gasteiger partial charge in [0.15, 0.2) is 0 Å². The quantitative estimate of drug-likeness (QED) is 0.372. The van der Waals surface area contributed by atoms with Gasteiger partial charge in [-0.05, 0) is 30.5 Å². The van der Waals surface area contributed by atoms with E-state index in [1.165, 1.54) is 6.07 Å². The number of carbonyl (C=O) groups is 1. The molecule has 0 fully saturated rings. The highest BCUT2D eigenvalue weighted by Gasteiger charge is 2.43. The summed E-state index contributed by atoms with van der Waals surface area (Å²) in [7, 11) is -4.15. The molecule has 0 heterocycles. The standard InChI is InChI=1S/C15H20N2O3S/c1-6-11-8-7-10(2)12(9-11)21(19,20)14(17-16)13(18)15(3,4)5/h7-9H,6H2,1-5H3. The lowest BCUT2D eigenvalue weighted by atomic mass is 9.91. The van der Waals surface area contributed by atoms with Gasteiger partial charge in [0.1, 0.15) is 0 Å². The van der Waals surface area contributed by atoms with Crippen molar-refractivity contribution in [3.63, 3.8) is 0 Å². The molecule has 21 heavy (non-hydrogen) atoms. The molecule has 1 aromatic carbocycles. The van der Waals surface area contributed by atoms with Crippen molar-refractivity contribution in [3.8, 4) is 0 Å². The average Bonchev–Trinajstić information content (AvgIpc) is 2.38. The zero-order valence-electron chi connectivity index (χ0n) is 13.0. The Bertz CT molecular complexity index is 722. The Balaban J connectivity index is 3.54. The van der Waals surface area contributed by atoms with Crippen LogP contribution in [0.3, 0.4) is 0 Å². The summed E-state index contributed by atoms with van der Waals surface area (Å²) in [6, 6.07) is 5.03. The maximum absolute atomic E-state index is 12.6. The minimum absolute atomic E-state index is 0.00671. The fourth-order valence-electron chi connectivity index (χ4n) is 1.80. The van der Waals surface area contributed by atoms with E-state index in [2.05, 4.69) is 4.79 Å². The summed E-state index contributed by atoms with van der Waals surface area (Å²) < 4.78 is 25.3. The summed E-state index contributed by atoms with van der Waals surface area (Å²) in [5.41, 5.74) is 9.45. The molecule has 0 saturated carbocycles. The minimum atomic E-state index is -4.15. The maximum atomic E-state index is 12.6. The molecule has 5 nitrogen and oxygen atoms in total. The van der Waals surface area contributed by atoms with Gasteiger partial charge in [-0.2, -0.15) is 0 Å². The number of hydrogen-bond donors (Lipinski definition) is 0. The Morgan fingerprint density at radius 1 is 1.29 bits per heavy atom. The number of hydrogen-bond acceptors (Lipinski definition) is 3. The van der Waals surface area contributed by atoms with Crippen LogP contribution in [0.15, 0.2) is 23.1 Å². The van der Waals surface area contributed by atoms with E-state index >= 15 is 0 Å². The molecule has 0 aliphatic rings. The van der Waals surface area contributed by atoms with E-state index in [0.717, 1.165) is 5.56 Å². The van der Waals surface area contributed by atoms with Gasteiger partial charge in [0, 0.05) is 5.41 Å². The van der Waals surface area contributed by atoms with Crippen molar-refractivity contribution in [1.82, 2.24) is 0 Å². The molecule has 0 spiro atoms. The lowest BCUT2D eigenvalue weighted by molar-refractivity contribution is -0.123. The number of nitrogens with zero attached hydrogens (tertiary/aromatic N) is 2. The Morgan fingerprint density at radius 2 is 1.86 bits per heavy atom. The average molecular weight is 308 g/mol. The van der Waals surface area contributed by atoms with E-state index < -0.39 is 26.1 Å². The van der Waals surface area contributed by atoms with Gasteiger partial charge in [0.05, 0.1) is 4.90 Å². The molecular formula is C15H20N2O3S. The van der Waals surface area contributed by atoms with Crippen LogP contribution in [0.4, 0.5) is 0 Å². The molecule has 0 aliphatic carbocycles. The molecule has 0 aliphatic heterocycles. The highest BCUT2D eigenvalue weighted by molar-refractivity contribution is 8.08. The molecule has 1 aromatic rings. The molecule has 0 aromatic heterocycles. The zero-order chi connectivity index (χ0) is 16.4.